The van der Waals surface area contributed by atoms with Crippen LogP contribution in [0.1, 0.15) is 33.8 Å². The Bertz CT molecular complexity index is 743. The molecule has 0 aliphatic carbocycles. The fourth-order valence-electron chi connectivity index (χ4n) is 2.76. The molecule has 2 amide bonds. The summed E-state index contributed by atoms with van der Waals surface area (Å²) in [5.41, 5.74) is 1.65. The molecular formula is C16H18N4O2S. The van der Waals surface area contributed by atoms with Crippen LogP contribution in [0.15, 0.2) is 24.3 Å². The first-order chi connectivity index (χ1) is 11.0. The van der Waals surface area contributed by atoms with Crippen molar-refractivity contribution in [1.29, 1.82) is 0 Å². The number of aromatic nitrogens is 2. The highest BCUT2D eigenvalue weighted by Crippen LogP contribution is 2.23. The molecular weight excluding hydrogens is 312 g/mol. The van der Waals surface area contributed by atoms with Crippen LogP contribution in [0.2, 0.25) is 0 Å². The van der Waals surface area contributed by atoms with Gasteiger partial charge in [-0.1, -0.05) is 29.0 Å². The quantitative estimate of drug-likeness (QED) is 0.937. The summed E-state index contributed by atoms with van der Waals surface area (Å²) in [4.78, 5) is 26.8. The van der Waals surface area contributed by atoms with Crippen molar-refractivity contribution in [2.45, 2.75) is 32.7 Å². The smallest absolute Gasteiger partial charge is 0.254 e. The van der Waals surface area contributed by atoms with Crippen LogP contribution in [-0.4, -0.2) is 39.5 Å². The van der Waals surface area contributed by atoms with Crippen molar-refractivity contribution in [1.82, 2.24) is 15.1 Å². The Balaban J connectivity index is 1.74. The van der Waals surface area contributed by atoms with Gasteiger partial charge in [-0.2, -0.15) is 0 Å². The lowest BCUT2D eigenvalue weighted by Gasteiger charge is -2.23. The largest absolute Gasteiger partial charge is 0.327 e. The van der Waals surface area contributed by atoms with Crippen LogP contribution in [0.4, 0.5) is 5.13 Å². The lowest BCUT2D eigenvalue weighted by molar-refractivity contribution is -0.119. The molecule has 23 heavy (non-hydrogen) atoms. The summed E-state index contributed by atoms with van der Waals surface area (Å²) in [6.07, 6.45) is 1.49. The van der Waals surface area contributed by atoms with E-state index in [0.29, 0.717) is 23.7 Å². The fraction of sp³-hybridized carbons (Fsp3) is 0.375. The normalized spacial score (nSPS) is 17.3. The summed E-state index contributed by atoms with van der Waals surface area (Å²) in [5.74, 6) is -0.292. The molecule has 120 valence electrons. The van der Waals surface area contributed by atoms with Gasteiger partial charge in [-0.15, -0.1) is 10.2 Å². The van der Waals surface area contributed by atoms with E-state index in [-0.39, 0.29) is 11.8 Å². The molecule has 2 aromatic rings. The number of hydrogen-bond acceptors (Lipinski definition) is 5. The number of benzene rings is 1. The van der Waals surface area contributed by atoms with Gasteiger partial charge in [0.15, 0.2) is 0 Å². The second-order valence-corrected chi connectivity index (χ2v) is 6.82. The van der Waals surface area contributed by atoms with Crippen molar-refractivity contribution in [2.75, 3.05) is 11.9 Å². The topological polar surface area (TPSA) is 75.2 Å². The predicted octanol–water partition coefficient (Wildman–Crippen LogP) is 2.40. The van der Waals surface area contributed by atoms with Crippen molar-refractivity contribution < 1.29 is 9.59 Å². The summed E-state index contributed by atoms with van der Waals surface area (Å²) in [5, 5.41) is 11.8. The first-order valence-electron chi connectivity index (χ1n) is 7.53. The second kappa shape index (κ2) is 6.45. The van der Waals surface area contributed by atoms with Gasteiger partial charge in [0.2, 0.25) is 11.0 Å². The first-order valence-corrected chi connectivity index (χ1v) is 8.35. The molecule has 1 saturated heterocycles. The third kappa shape index (κ3) is 3.39. The molecule has 1 N–H and O–H groups in total. The molecule has 1 aliphatic rings. The van der Waals surface area contributed by atoms with Crippen LogP contribution >= 0.6 is 11.3 Å². The Morgan fingerprint density at radius 3 is 2.83 bits per heavy atom. The van der Waals surface area contributed by atoms with Crippen molar-refractivity contribution in [2.24, 2.45) is 0 Å². The number of amides is 2. The zero-order valence-electron chi connectivity index (χ0n) is 13.1. The molecule has 0 radical (unpaired) electrons. The van der Waals surface area contributed by atoms with E-state index in [1.807, 2.05) is 32.0 Å². The number of anilines is 1. The summed E-state index contributed by atoms with van der Waals surface area (Å²) >= 11 is 1.33. The minimum Gasteiger partial charge on any atom is -0.327 e. The molecule has 7 heteroatoms. The standard InChI is InChI=1S/C16H18N4O2S/c1-10-5-3-6-12(9-10)15(22)20-8-4-7-13(20)14(21)17-16-19-18-11(2)23-16/h3,5-6,9,13H,4,7-8H2,1-2H3,(H,17,19,21)/t13-/m0/s1. The molecule has 1 aromatic carbocycles. The van der Waals surface area contributed by atoms with E-state index < -0.39 is 6.04 Å². The van der Waals surface area contributed by atoms with E-state index in [1.165, 1.54) is 11.3 Å². The van der Waals surface area contributed by atoms with Crippen LogP contribution in [0, 0.1) is 13.8 Å². The predicted molar refractivity (Wildman–Crippen MR) is 88.5 cm³/mol. The van der Waals surface area contributed by atoms with Crippen LogP contribution in [0.3, 0.4) is 0 Å². The number of carbonyl (C=O) groups is 2. The number of nitrogens with one attached hydrogen (secondary N) is 1. The van der Waals surface area contributed by atoms with E-state index in [9.17, 15) is 9.59 Å². The van der Waals surface area contributed by atoms with E-state index >= 15 is 0 Å². The number of carbonyl (C=O) groups excluding carboxylic acids is 2. The number of likely N-dealkylation sites (tertiary alicyclic amines) is 1. The average molecular weight is 330 g/mol. The van der Waals surface area contributed by atoms with Crippen LogP contribution < -0.4 is 5.32 Å². The number of aryl methyl sites for hydroxylation is 2. The molecule has 1 aromatic heterocycles. The van der Waals surface area contributed by atoms with E-state index in [4.69, 9.17) is 0 Å². The highest BCUT2D eigenvalue weighted by atomic mass is 32.1. The molecule has 6 nitrogen and oxygen atoms in total. The van der Waals surface area contributed by atoms with Gasteiger partial charge in [-0.25, -0.2) is 0 Å². The Hall–Kier alpha value is -2.28. The molecule has 1 atom stereocenters. The number of nitrogens with zero attached hydrogens (tertiary/aromatic N) is 3. The van der Waals surface area contributed by atoms with E-state index in [0.717, 1.165) is 17.0 Å². The lowest BCUT2D eigenvalue weighted by atomic mass is 10.1. The molecule has 1 aliphatic heterocycles. The van der Waals surface area contributed by atoms with Crippen molar-refractivity contribution in [3.05, 3.63) is 40.4 Å². The Morgan fingerprint density at radius 1 is 1.30 bits per heavy atom. The molecule has 1 fully saturated rings. The number of rotatable bonds is 3. The SMILES string of the molecule is Cc1cccc(C(=O)N2CCC[C@H]2C(=O)Nc2nnc(C)s2)c1. The highest BCUT2D eigenvalue weighted by Gasteiger charge is 2.34. The molecule has 3 rings (SSSR count). The summed E-state index contributed by atoms with van der Waals surface area (Å²) in [6, 6.07) is 6.99. The lowest BCUT2D eigenvalue weighted by Crippen LogP contribution is -2.43. The molecule has 0 unspecified atom stereocenters. The number of hydrogen-bond donors (Lipinski definition) is 1. The monoisotopic (exact) mass is 330 g/mol. The minimum absolute atomic E-state index is 0.0974. The van der Waals surface area contributed by atoms with E-state index in [1.54, 1.807) is 11.0 Å². The van der Waals surface area contributed by atoms with Crippen LogP contribution in [-0.2, 0) is 4.79 Å². The maximum absolute atomic E-state index is 12.7. The van der Waals surface area contributed by atoms with Crippen molar-refractivity contribution in [3.8, 4) is 0 Å². The zero-order valence-corrected chi connectivity index (χ0v) is 13.9. The maximum atomic E-state index is 12.7. The fourth-order valence-corrected chi connectivity index (χ4v) is 3.36. The molecule has 0 bridgehead atoms. The molecule has 0 saturated carbocycles. The molecule has 0 spiro atoms. The van der Waals surface area contributed by atoms with Gasteiger partial charge in [-0.3, -0.25) is 14.9 Å². The Kier molecular flexibility index (Phi) is 4.38. The van der Waals surface area contributed by atoms with Gasteiger partial charge in [0.1, 0.15) is 11.0 Å². The highest BCUT2D eigenvalue weighted by molar-refractivity contribution is 7.15. The van der Waals surface area contributed by atoms with E-state index in [2.05, 4.69) is 15.5 Å². The molecule has 2 heterocycles. The summed E-state index contributed by atoms with van der Waals surface area (Å²) < 4.78 is 0. The van der Waals surface area contributed by atoms with Gasteiger partial charge in [-0.05, 0) is 38.8 Å². The second-order valence-electron chi connectivity index (χ2n) is 5.64. The third-order valence-corrected chi connectivity index (χ3v) is 4.59. The Labute approximate surface area is 138 Å². The zero-order chi connectivity index (χ0) is 16.4. The van der Waals surface area contributed by atoms with Crippen LogP contribution in [0.5, 0.6) is 0 Å². The first kappa shape index (κ1) is 15.6. The summed E-state index contributed by atoms with van der Waals surface area (Å²) in [7, 11) is 0. The van der Waals surface area contributed by atoms with Gasteiger partial charge < -0.3 is 4.90 Å². The Morgan fingerprint density at radius 2 is 2.13 bits per heavy atom. The minimum atomic E-state index is -0.452. The van der Waals surface area contributed by atoms with Crippen molar-refractivity contribution in [3.63, 3.8) is 0 Å². The maximum Gasteiger partial charge on any atom is 0.254 e. The third-order valence-electron chi connectivity index (χ3n) is 3.84. The van der Waals surface area contributed by atoms with Gasteiger partial charge >= 0.3 is 0 Å². The van der Waals surface area contributed by atoms with Crippen molar-refractivity contribution >= 4 is 28.3 Å². The van der Waals surface area contributed by atoms with Gasteiger partial charge in [0.25, 0.3) is 5.91 Å². The summed E-state index contributed by atoms with van der Waals surface area (Å²) in [6.45, 7) is 4.37. The van der Waals surface area contributed by atoms with Gasteiger partial charge in [0, 0.05) is 12.1 Å². The van der Waals surface area contributed by atoms with Gasteiger partial charge in [0.05, 0.1) is 0 Å². The average Bonchev–Trinajstić information content (AvgIpc) is 3.15. The van der Waals surface area contributed by atoms with Crippen LogP contribution in [0.25, 0.3) is 0 Å².